The van der Waals surface area contributed by atoms with E-state index in [9.17, 15) is 13.9 Å². The molecule has 1 fully saturated rings. The number of ether oxygens (including phenoxy) is 2. The van der Waals surface area contributed by atoms with Gasteiger partial charge in [-0.1, -0.05) is 12.5 Å². The Labute approximate surface area is 116 Å². The van der Waals surface area contributed by atoms with Gasteiger partial charge in [0.05, 0.1) is 13.2 Å². The van der Waals surface area contributed by atoms with Gasteiger partial charge in [-0.2, -0.15) is 8.78 Å². The van der Waals surface area contributed by atoms with Gasteiger partial charge in [0.2, 0.25) is 0 Å². The van der Waals surface area contributed by atoms with Crippen molar-refractivity contribution in [2.24, 2.45) is 11.1 Å². The maximum Gasteiger partial charge on any atom is 0.387 e. The Morgan fingerprint density at radius 3 is 2.50 bits per heavy atom. The highest BCUT2D eigenvalue weighted by Gasteiger charge is 2.43. The fourth-order valence-electron chi connectivity index (χ4n) is 2.63. The van der Waals surface area contributed by atoms with E-state index in [4.69, 9.17) is 10.5 Å². The van der Waals surface area contributed by atoms with Crippen LogP contribution in [0.4, 0.5) is 8.78 Å². The standard InChI is InChI=1S/C14H19F2NO3/c1-19-10-4-3-9(7-11(10)20-13(15)16)12(18)14(8-17)5-2-6-14/h3-4,7,12-13,18H,2,5-6,8,17H2,1H3. The largest absolute Gasteiger partial charge is 0.493 e. The first-order valence-corrected chi connectivity index (χ1v) is 6.53. The summed E-state index contributed by atoms with van der Waals surface area (Å²) in [6.45, 7) is -2.57. The summed E-state index contributed by atoms with van der Waals surface area (Å²) in [5.41, 5.74) is 5.92. The van der Waals surface area contributed by atoms with E-state index >= 15 is 0 Å². The van der Waals surface area contributed by atoms with Gasteiger partial charge in [-0.05, 0) is 30.5 Å². The molecule has 1 aliphatic carbocycles. The van der Waals surface area contributed by atoms with Crippen LogP contribution in [0.2, 0.25) is 0 Å². The minimum atomic E-state index is -2.94. The van der Waals surface area contributed by atoms with Crippen molar-refractivity contribution in [3.63, 3.8) is 0 Å². The lowest BCUT2D eigenvalue weighted by Crippen LogP contribution is -2.42. The van der Waals surface area contributed by atoms with Gasteiger partial charge in [0.25, 0.3) is 0 Å². The van der Waals surface area contributed by atoms with Crippen molar-refractivity contribution in [3.05, 3.63) is 23.8 Å². The van der Waals surface area contributed by atoms with Crippen LogP contribution in [0, 0.1) is 5.41 Å². The highest BCUT2D eigenvalue weighted by molar-refractivity contribution is 5.44. The van der Waals surface area contributed by atoms with Crippen LogP contribution in [0.15, 0.2) is 18.2 Å². The van der Waals surface area contributed by atoms with E-state index in [1.165, 1.54) is 19.2 Å². The second kappa shape index (κ2) is 5.93. The van der Waals surface area contributed by atoms with E-state index in [2.05, 4.69) is 4.74 Å². The summed E-state index contributed by atoms with van der Waals surface area (Å²) in [7, 11) is 1.37. The van der Waals surface area contributed by atoms with Crippen LogP contribution in [-0.2, 0) is 0 Å². The number of rotatable bonds is 6. The van der Waals surface area contributed by atoms with Crippen molar-refractivity contribution in [2.45, 2.75) is 32.0 Å². The second-order valence-electron chi connectivity index (χ2n) is 5.11. The third-order valence-electron chi connectivity index (χ3n) is 4.06. The van der Waals surface area contributed by atoms with E-state index in [1.54, 1.807) is 6.07 Å². The zero-order valence-corrected chi connectivity index (χ0v) is 11.3. The molecule has 2 rings (SSSR count). The van der Waals surface area contributed by atoms with E-state index in [0.717, 1.165) is 19.3 Å². The van der Waals surface area contributed by atoms with Gasteiger partial charge in [-0.25, -0.2) is 0 Å². The van der Waals surface area contributed by atoms with Gasteiger partial charge >= 0.3 is 6.61 Å². The van der Waals surface area contributed by atoms with Crippen molar-refractivity contribution in [1.82, 2.24) is 0 Å². The average molecular weight is 287 g/mol. The van der Waals surface area contributed by atoms with Gasteiger partial charge in [0.15, 0.2) is 11.5 Å². The third-order valence-corrected chi connectivity index (χ3v) is 4.06. The number of nitrogens with two attached hydrogens (primary N) is 1. The van der Waals surface area contributed by atoms with Gasteiger partial charge < -0.3 is 20.3 Å². The van der Waals surface area contributed by atoms with Gasteiger partial charge in [-0.3, -0.25) is 0 Å². The fourth-order valence-corrected chi connectivity index (χ4v) is 2.63. The van der Waals surface area contributed by atoms with Crippen molar-refractivity contribution in [1.29, 1.82) is 0 Å². The first kappa shape index (κ1) is 15.0. The summed E-state index contributed by atoms with van der Waals surface area (Å²) in [6, 6.07) is 4.56. The van der Waals surface area contributed by atoms with Crippen LogP contribution >= 0.6 is 0 Å². The van der Waals surface area contributed by atoms with E-state index in [0.29, 0.717) is 12.1 Å². The van der Waals surface area contributed by atoms with Gasteiger partial charge in [-0.15, -0.1) is 0 Å². The minimum absolute atomic E-state index is 0.0782. The molecule has 0 aliphatic heterocycles. The highest BCUT2D eigenvalue weighted by Crippen LogP contribution is 2.50. The molecule has 1 aliphatic rings. The Morgan fingerprint density at radius 1 is 1.35 bits per heavy atom. The molecule has 3 N–H and O–H groups in total. The molecule has 1 atom stereocenters. The Morgan fingerprint density at radius 2 is 2.05 bits per heavy atom. The third kappa shape index (κ3) is 2.71. The fraction of sp³-hybridized carbons (Fsp3) is 0.571. The normalized spacial score (nSPS) is 18.5. The zero-order chi connectivity index (χ0) is 14.8. The monoisotopic (exact) mass is 287 g/mol. The highest BCUT2D eigenvalue weighted by atomic mass is 19.3. The molecule has 0 saturated heterocycles. The number of halogens is 2. The van der Waals surface area contributed by atoms with Crippen LogP contribution in [-0.4, -0.2) is 25.4 Å². The summed E-state index contributed by atoms with van der Waals surface area (Å²) in [5.74, 6) is 0.127. The molecule has 4 nitrogen and oxygen atoms in total. The zero-order valence-electron chi connectivity index (χ0n) is 11.3. The molecule has 1 unspecified atom stereocenters. The van der Waals surface area contributed by atoms with Crippen molar-refractivity contribution >= 4 is 0 Å². The van der Waals surface area contributed by atoms with E-state index in [1.807, 2.05) is 0 Å². The Kier molecular flexibility index (Phi) is 4.45. The van der Waals surface area contributed by atoms with Crippen molar-refractivity contribution < 1.29 is 23.4 Å². The number of aliphatic hydroxyl groups is 1. The Hall–Kier alpha value is -1.40. The molecule has 1 aromatic carbocycles. The lowest BCUT2D eigenvalue weighted by molar-refractivity contribution is -0.0522. The topological polar surface area (TPSA) is 64.7 Å². The number of hydrogen-bond donors (Lipinski definition) is 2. The minimum Gasteiger partial charge on any atom is -0.493 e. The summed E-state index contributed by atoms with van der Waals surface area (Å²) >= 11 is 0. The molecule has 0 bridgehead atoms. The first-order valence-electron chi connectivity index (χ1n) is 6.53. The maximum atomic E-state index is 12.4. The molecule has 0 amide bonds. The van der Waals surface area contributed by atoms with E-state index in [-0.39, 0.29) is 16.9 Å². The summed E-state index contributed by atoms with van der Waals surface area (Å²) in [5, 5.41) is 10.4. The van der Waals surface area contributed by atoms with Gasteiger partial charge in [0.1, 0.15) is 0 Å². The molecule has 0 aromatic heterocycles. The number of methoxy groups -OCH3 is 1. The smallest absolute Gasteiger partial charge is 0.387 e. The molecule has 0 heterocycles. The van der Waals surface area contributed by atoms with E-state index < -0.39 is 12.7 Å². The molecule has 1 saturated carbocycles. The lowest BCUT2D eigenvalue weighted by Gasteiger charge is -2.45. The maximum absolute atomic E-state index is 12.4. The molecule has 6 heteroatoms. The van der Waals surface area contributed by atoms with Crippen LogP contribution < -0.4 is 15.2 Å². The second-order valence-corrected chi connectivity index (χ2v) is 5.11. The SMILES string of the molecule is COc1ccc(C(O)C2(CN)CCC2)cc1OC(F)F. The summed E-state index contributed by atoms with van der Waals surface area (Å²) in [6.07, 6.45) is 1.90. The molecule has 1 aromatic rings. The van der Waals surface area contributed by atoms with Crippen LogP contribution in [0.3, 0.4) is 0 Å². The van der Waals surface area contributed by atoms with Crippen molar-refractivity contribution in [3.8, 4) is 11.5 Å². The van der Waals surface area contributed by atoms with Crippen molar-refractivity contribution in [2.75, 3.05) is 13.7 Å². The van der Waals surface area contributed by atoms with Crippen LogP contribution in [0.25, 0.3) is 0 Å². The number of aliphatic hydroxyl groups excluding tert-OH is 1. The number of benzene rings is 1. The Bertz CT molecular complexity index is 458. The molecular weight excluding hydrogens is 268 g/mol. The molecule has 112 valence electrons. The summed E-state index contributed by atoms with van der Waals surface area (Å²) < 4.78 is 34.2. The molecule has 0 spiro atoms. The average Bonchev–Trinajstić information content (AvgIpc) is 2.37. The Balaban J connectivity index is 2.28. The molecule has 0 radical (unpaired) electrons. The number of alkyl halides is 2. The summed E-state index contributed by atoms with van der Waals surface area (Å²) in [4.78, 5) is 0. The predicted molar refractivity (Wildman–Crippen MR) is 69.9 cm³/mol. The molecule has 20 heavy (non-hydrogen) atoms. The number of hydrogen-bond acceptors (Lipinski definition) is 4. The predicted octanol–water partition coefficient (Wildman–Crippen LogP) is 2.46. The molecular formula is C14H19F2NO3. The van der Waals surface area contributed by atoms with Crippen LogP contribution in [0.1, 0.15) is 30.9 Å². The quantitative estimate of drug-likeness (QED) is 0.843. The lowest BCUT2D eigenvalue weighted by atomic mass is 9.63. The van der Waals surface area contributed by atoms with Gasteiger partial charge in [0, 0.05) is 12.0 Å². The first-order chi connectivity index (χ1) is 9.52. The van der Waals surface area contributed by atoms with Crippen LogP contribution in [0.5, 0.6) is 11.5 Å².